The van der Waals surface area contributed by atoms with Crippen molar-refractivity contribution < 1.29 is 18.3 Å². The first-order valence-electron chi connectivity index (χ1n) is 5.00. The molecule has 0 atom stereocenters. The standard InChI is InChI=1S/C9H12N2O4S/c12-9(13)8-5-7(16(14,15)10-8)6-11-3-1-2-4-11/h5H,1-4,6H2,(H,12,13). The molecule has 2 aliphatic rings. The maximum Gasteiger partial charge on any atom is 0.355 e. The molecule has 1 saturated heterocycles. The molecule has 0 radical (unpaired) electrons. The van der Waals surface area contributed by atoms with E-state index in [0.717, 1.165) is 32.0 Å². The molecular formula is C9H12N2O4S. The lowest BCUT2D eigenvalue weighted by Crippen LogP contribution is -2.23. The summed E-state index contributed by atoms with van der Waals surface area (Å²) in [4.78, 5) is 12.7. The quantitative estimate of drug-likeness (QED) is 0.745. The van der Waals surface area contributed by atoms with Crippen molar-refractivity contribution in [3.63, 3.8) is 0 Å². The number of nitrogens with zero attached hydrogens (tertiary/aromatic N) is 2. The second-order valence-electron chi connectivity index (χ2n) is 3.85. The van der Waals surface area contributed by atoms with E-state index in [4.69, 9.17) is 5.11 Å². The van der Waals surface area contributed by atoms with Crippen LogP contribution in [0.25, 0.3) is 0 Å². The summed E-state index contributed by atoms with van der Waals surface area (Å²) in [7, 11) is -3.74. The van der Waals surface area contributed by atoms with E-state index in [-0.39, 0.29) is 11.4 Å². The summed E-state index contributed by atoms with van der Waals surface area (Å²) in [5.74, 6) is -1.31. The third-order valence-electron chi connectivity index (χ3n) is 2.64. The van der Waals surface area contributed by atoms with Gasteiger partial charge in [-0.3, -0.25) is 4.90 Å². The van der Waals surface area contributed by atoms with Crippen LogP contribution in [0.4, 0.5) is 0 Å². The van der Waals surface area contributed by atoms with Crippen LogP contribution in [0, 0.1) is 0 Å². The van der Waals surface area contributed by atoms with Crippen molar-refractivity contribution in [2.24, 2.45) is 4.40 Å². The van der Waals surface area contributed by atoms with Crippen LogP contribution in [0.1, 0.15) is 12.8 Å². The Morgan fingerprint density at radius 3 is 2.56 bits per heavy atom. The predicted molar refractivity (Wildman–Crippen MR) is 57.7 cm³/mol. The number of carboxylic acid groups (broad SMARTS) is 1. The monoisotopic (exact) mass is 244 g/mol. The van der Waals surface area contributed by atoms with Crippen molar-refractivity contribution in [3.05, 3.63) is 11.0 Å². The lowest BCUT2D eigenvalue weighted by atomic mass is 10.3. The maximum atomic E-state index is 11.5. The third kappa shape index (κ3) is 2.14. The Morgan fingerprint density at radius 2 is 2.06 bits per heavy atom. The zero-order chi connectivity index (χ0) is 11.8. The molecule has 2 aliphatic heterocycles. The first-order valence-corrected chi connectivity index (χ1v) is 6.44. The van der Waals surface area contributed by atoms with E-state index in [9.17, 15) is 13.2 Å². The molecule has 7 heteroatoms. The van der Waals surface area contributed by atoms with Crippen molar-refractivity contribution in [1.82, 2.24) is 4.90 Å². The summed E-state index contributed by atoms with van der Waals surface area (Å²) in [6.45, 7) is 1.98. The van der Waals surface area contributed by atoms with Gasteiger partial charge in [-0.1, -0.05) is 0 Å². The highest BCUT2D eigenvalue weighted by molar-refractivity contribution is 7.94. The minimum atomic E-state index is -3.74. The molecule has 1 N–H and O–H groups in total. The fourth-order valence-electron chi connectivity index (χ4n) is 1.83. The zero-order valence-corrected chi connectivity index (χ0v) is 9.40. The van der Waals surface area contributed by atoms with E-state index < -0.39 is 21.7 Å². The van der Waals surface area contributed by atoms with Crippen molar-refractivity contribution in [2.75, 3.05) is 19.6 Å². The molecule has 16 heavy (non-hydrogen) atoms. The van der Waals surface area contributed by atoms with Crippen molar-refractivity contribution in [3.8, 4) is 0 Å². The Bertz CT molecular complexity index is 472. The molecule has 0 aromatic carbocycles. The fraction of sp³-hybridized carbons (Fsp3) is 0.556. The van der Waals surface area contributed by atoms with Crippen LogP contribution in [-0.4, -0.2) is 49.7 Å². The Hall–Kier alpha value is -1.21. The number of hydrogen-bond acceptors (Lipinski definition) is 4. The second kappa shape index (κ2) is 3.99. The second-order valence-corrected chi connectivity index (χ2v) is 5.51. The predicted octanol–water partition coefficient (Wildman–Crippen LogP) is -0.165. The molecule has 0 aromatic heterocycles. The van der Waals surface area contributed by atoms with Gasteiger partial charge in [-0.05, 0) is 32.0 Å². The lowest BCUT2D eigenvalue weighted by Gasteiger charge is -2.13. The number of aliphatic carboxylic acids is 1. The van der Waals surface area contributed by atoms with Crippen LogP contribution >= 0.6 is 0 Å². The zero-order valence-electron chi connectivity index (χ0n) is 8.59. The summed E-state index contributed by atoms with van der Waals surface area (Å²) in [6.07, 6.45) is 3.26. The van der Waals surface area contributed by atoms with Gasteiger partial charge in [0.05, 0.1) is 4.91 Å². The topological polar surface area (TPSA) is 87.0 Å². The number of likely N-dealkylation sites (tertiary alicyclic amines) is 1. The SMILES string of the molecule is O=C(O)C1=NS(=O)(=O)C(CN2CCCC2)=C1. The first kappa shape index (κ1) is 11.3. The highest BCUT2D eigenvalue weighted by atomic mass is 32.2. The normalized spacial score (nSPS) is 24.2. The Balaban J connectivity index is 2.16. The van der Waals surface area contributed by atoms with E-state index >= 15 is 0 Å². The van der Waals surface area contributed by atoms with E-state index in [2.05, 4.69) is 4.40 Å². The van der Waals surface area contributed by atoms with E-state index in [0.29, 0.717) is 0 Å². The summed E-state index contributed by atoms with van der Waals surface area (Å²) in [6, 6.07) is 0. The van der Waals surface area contributed by atoms with Gasteiger partial charge >= 0.3 is 5.97 Å². The van der Waals surface area contributed by atoms with Crippen molar-refractivity contribution >= 4 is 21.7 Å². The molecule has 0 spiro atoms. The molecular weight excluding hydrogens is 232 g/mol. The van der Waals surface area contributed by atoms with E-state index in [1.54, 1.807) is 0 Å². The molecule has 0 bridgehead atoms. The fourth-order valence-corrected chi connectivity index (χ4v) is 2.94. The number of carbonyl (C=O) groups is 1. The summed E-state index contributed by atoms with van der Waals surface area (Å²) >= 11 is 0. The van der Waals surface area contributed by atoms with E-state index in [1.165, 1.54) is 0 Å². The van der Waals surface area contributed by atoms with Gasteiger partial charge in [0.25, 0.3) is 10.0 Å². The van der Waals surface area contributed by atoms with Gasteiger partial charge in [-0.25, -0.2) is 4.79 Å². The Labute approximate surface area is 93.3 Å². The third-order valence-corrected chi connectivity index (χ3v) is 3.99. The van der Waals surface area contributed by atoms with Crippen molar-refractivity contribution in [2.45, 2.75) is 12.8 Å². The molecule has 6 nitrogen and oxygen atoms in total. The summed E-state index contributed by atoms with van der Waals surface area (Å²) in [5.41, 5.74) is -0.394. The largest absolute Gasteiger partial charge is 0.476 e. The Morgan fingerprint density at radius 1 is 1.44 bits per heavy atom. The molecule has 88 valence electrons. The van der Waals surface area contributed by atoms with Crippen LogP contribution in [0.15, 0.2) is 15.4 Å². The summed E-state index contributed by atoms with van der Waals surface area (Å²) < 4.78 is 26.3. The molecule has 1 fully saturated rings. The van der Waals surface area contributed by atoms with Crippen LogP contribution < -0.4 is 0 Å². The lowest BCUT2D eigenvalue weighted by molar-refractivity contribution is -0.129. The van der Waals surface area contributed by atoms with Gasteiger partial charge < -0.3 is 5.11 Å². The van der Waals surface area contributed by atoms with Crippen LogP contribution in [0.2, 0.25) is 0 Å². The van der Waals surface area contributed by atoms with Gasteiger partial charge in [0.1, 0.15) is 0 Å². The molecule has 2 rings (SSSR count). The van der Waals surface area contributed by atoms with Gasteiger partial charge in [0.2, 0.25) is 0 Å². The number of hydrogen-bond donors (Lipinski definition) is 1. The van der Waals surface area contributed by atoms with Crippen LogP contribution in [0.3, 0.4) is 0 Å². The highest BCUT2D eigenvalue weighted by Crippen LogP contribution is 2.20. The molecule has 0 unspecified atom stereocenters. The summed E-state index contributed by atoms with van der Waals surface area (Å²) in [5, 5.41) is 8.67. The minimum Gasteiger partial charge on any atom is -0.476 e. The van der Waals surface area contributed by atoms with Gasteiger partial charge in [0.15, 0.2) is 5.71 Å². The Kier molecular flexibility index (Phi) is 2.81. The number of rotatable bonds is 3. The minimum absolute atomic E-state index is 0.0896. The first-order chi connectivity index (χ1) is 7.49. The van der Waals surface area contributed by atoms with E-state index in [1.807, 2.05) is 4.90 Å². The maximum absolute atomic E-state index is 11.5. The number of carboxylic acids is 1. The van der Waals surface area contributed by atoms with Gasteiger partial charge in [0, 0.05) is 6.54 Å². The van der Waals surface area contributed by atoms with Crippen LogP contribution in [-0.2, 0) is 14.8 Å². The highest BCUT2D eigenvalue weighted by Gasteiger charge is 2.29. The van der Waals surface area contributed by atoms with Crippen molar-refractivity contribution in [1.29, 1.82) is 0 Å². The van der Waals surface area contributed by atoms with Gasteiger partial charge in [-0.2, -0.15) is 12.8 Å². The molecule has 0 aliphatic carbocycles. The molecule has 0 saturated carbocycles. The average Bonchev–Trinajstić information content (AvgIpc) is 2.76. The molecule has 0 aromatic rings. The van der Waals surface area contributed by atoms with Crippen LogP contribution in [0.5, 0.6) is 0 Å². The average molecular weight is 244 g/mol. The molecule has 2 heterocycles. The number of sulfonamides is 1. The smallest absolute Gasteiger partial charge is 0.355 e. The molecule has 0 amide bonds. The van der Waals surface area contributed by atoms with Gasteiger partial charge in [-0.15, -0.1) is 0 Å².